The zero-order valence-corrected chi connectivity index (χ0v) is 19.2. The molecule has 0 amide bonds. The number of hydrogen-bond donors (Lipinski definition) is 1. The molecule has 13 heteroatoms. The summed E-state index contributed by atoms with van der Waals surface area (Å²) in [6, 6.07) is 1.92. The maximum absolute atomic E-state index is 11.8. The SMILES string of the molecule is CS(=O)(=O)N1CCN(Cc2cc3nc(-c4cnc(N)nc4)nc(N4CCOCC4)c3o2)CC1. The molecule has 33 heavy (non-hydrogen) atoms. The Morgan fingerprint density at radius 2 is 1.73 bits per heavy atom. The second-order valence-corrected chi connectivity index (χ2v) is 10.1. The van der Waals surface area contributed by atoms with E-state index in [0.717, 1.165) is 5.76 Å². The number of anilines is 2. The summed E-state index contributed by atoms with van der Waals surface area (Å²) >= 11 is 0. The predicted molar refractivity (Wildman–Crippen MR) is 122 cm³/mol. The van der Waals surface area contributed by atoms with Crippen molar-refractivity contribution in [2.45, 2.75) is 6.54 Å². The molecule has 5 heterocycles. The van der Waals surface area contributed by atoms with Gasteiger partial charge >= 0.3 is 0 Å². The lowest BCUT2D eigenvalue weighted by Crippen LogP contribution is -2.47. The molecule has 2 N–H and O–H groups in total. The maximum Gasteiger partial charge on any atom is 0.219 e. The van der Waals surface area contributed by atoms with Crippen LogP contribution in [0.15, 0.2) is 22.9 Å². The number of hydrogen-bond acceptors (Lipinski definition) is 11. The Morgan fingerprint density at radius 3 is 2.39 bits per heavy atom. The van der Waals surface area contributed by atoms with Gasteiger partial charge in [0.2, 0.25) is 16.0 Å². The van der Waals surface area contributed by atoms with Gasteiger partial charge in [0, 0.05) is 57.7 Å². The summed E-state index contributed by atoms with van der Waals surface area (Å²) in [5, 5.41) is 0. The van der Waals surface area contributed by atoms with Crippen molar-refractivity contribution in [3.05, 3.63) is 24.2 Å². The van der Waals surface area contributed by atoms with E-state index in [2.05, 4.69) is 19.8 Å². The number of fused-ring (bicyclic) bond motifs is 1. The molecule has 2 saturated heterocycles. The second-order valence-electron chi connectivity index (χ2n) is 8.17. The van der Waals surface area contributed by atoms with Crippen molar-refractivity contribution in [1.82, 2.24) is 29.1 Å². The Labute approximate surface area is 191 Å². The Bertz CT molecular complexity index is 1230. The van der Waals surface area contributed by atoms with Gasteiger partial charge in [0.15, 0.2) is 17.2 Å². The summed E-state index contributed by atoms with van der Waals surface area (Å²) in [5.74, 6) is 2.16. The van der Waals surface area contributed by atoms with Gasteiger partial charge in [0.1, 0.15) is 11.3 Å². The van der Waals surface area contributed by atoms with Crippen LogP contribution in [0.3, 0.4) is 0 Å². The lowest BCUT2D eigenvalue weighted by Gasteiger charge is -2.32. The average molecular weight is 475 g/mol. The first-order valence-electron chi connectivity index (χ1n) is 10.8. The molecule has 0 aliphatic carbocycles. The molecule has 5 rings (SSSR count). The quantitative estimate of drug-likeness (QED) is 0.540. The summed E-state index contributed by atoms with van der Waals surface area (Å²) < 4.78 is 36.8. The van der Waals surface area contributed by atoms with Crippen molar-refractivity contribution in [3.63, 3.8) is 0 Å². The highest BCUT2D eigenvalue weighted by atomic mass is 32.2. The van der Waals surface area contributed by atoms with Gasteiger partial charge < -0.3 is 19.8 Å². The highest BCUT2D eigenvalue weighted by Crippen LogP contribution is 2.31. The number of nitrogens with zero attached hydrogens (tertiary/aromatic N) is 7. The molecule has 3 aromatic rings. The van der Waals surface area contributed by atoms with Gasteiger partial charge in [-0.2, -0.15) is 4.31 Å². The van der Waals surface area contributed by atoms with Gasteiger partial charge in [-0.05, 0) is 0 Å². The summed E-state index contributed by atoms with van der Waals surface area (Å²) in [4.78, 5) is 21.9. The summed E-state index contributed by atoms with van der Waals surface area (Å²) in [5.41, 5.74) is 7.62. The topological polar surface area (TPSA) is 144 Å². The molecule has 0 aromatic carbocycles. The van der Waals surface area contributed by atoms with Crippen LogP contribution in [0.25, 0.3) is 22.5 Å². The fourth-order valence-corrected chi connectivity index (χ4v) is 4.88. The summed E-state index contributed by atoms with van der Waals surface area (Å²) in [7, 11) is -3.16. The van der Waals surface area contributed by atoms with Crippen molar-refractivity contribution < 1.29 is 17.6 Å². The first kappa shape index (κ1) is 21.9. The Morgan fingerprint density at radius 1 is 1.03 bits per heavy atom. The van der Waals surface area contributed by atoms with E-state index in [1.54, 1.807) is 12.4 Å². The lowest BCUT2D eigenvalue weighted by molar-refractivity contribution is 0.122. The van der Waals surface area contributed by atoms with E-state index >= 15 is 0 Å². The van der Waals surface area contributed by atoms with E-state index < -0.39 is 10.0 Å². The number of rotatable bonds is 5. The maximum atomic E-state index is 11.8. The lowest BCUT2D eigenvalue weighted by atomic mass is 10.3. The fraction of sp³-hybridized carbons (Fsp3) is 0.500. The molecular formula is C20H26N8O4S. The zero-order valence-electron chi connectivity index (χ0n) is 18.3. The van der Waals surface area contributed by atoms with Gasteiger partial charge in [0.05, 0.1) is 31.6 Å². The van der Waals surface area contributed by atoms with E-state index in [-0.39, 0.29) is 5.95 Å². The third-order valence-electron chi connectivity index (χ3n) is 5.83. The van der Waals surface area contributed by atoms with Crippen LogP contribution in [0.2, 0.25) is 0 Å². The molecule has 0 saturated carbocycles. The predicted octanol–water partition coefficient (Wildman–Crippen LogP) is 0.176. The number of sulfonamides is 1. The van der Waals surface area contributed by atoms with Crippen molar-refractivity contribution in [2.75, 3.05) is 69.4 Å². The Hall–Kier alpha value is -2.87. The van der Waals surface area contributed by atoms with Crippen LogP contribution >= 0.6 is 0 Å². The molecule has 0 radical (unpaired) electrons. The minimum Gasteiger partial charge on any atom is -0.454 e. The molecule has 3 aromatic heterocycles. The molecule has 12 nitrogen and oxygen atoms in total. The van der Waals surface area contributed by atoms with Gasteiger partial charge in [-0.3, -0.25) is 4.90 Å². The molecule has 0 atom stereocenters. The van der Waals surface area contributed by atoms with Crippen molar-refractivity contribution in [1.29, 1.82) is 0 Å². The highest BCUT2D eigenvalue weighted by Gasteiger charge is 2.25. The van der Waals surface area contributed by atoms with Gasteiger partial charge in [-0.15, -0.1) is 0 Å². The Balaban J connectivity index is 1.45. The molecule has 0 unspecified atom stereocenters. The monoisotopic (exact) mass is 474 g/mol. The van der Waals surface area contributed by atoms with Gasteiger partial charge in [-0.25, -0.2) is 28.4 Å². The Kier molecular flexibility index (Phi) is 5.86. The van der Waals surface area contributed by atoms with E-state index in [1.807, 2.05) is 6.07 Å². The van der Waals surface area contributed by atoms with Crippen LogP contribution in [0, 0.1) is 0 Å². The first-order chi connectivity index (χ1) is 15.9. The third-order valence-corrected chi connectivity index (χ3v) is 7.13. The average Bonchev–Trinajstić information content (AvgIpc) is 3.21. The number of piperazine rings is 1. The summed E-state index contributed by atoms with van der Waals surface area (Å²) in [6.45, 7) is 5.42. The summed E-state index contributed by atoms with van der Waals surface area (Å²) in [6.07, 6.45) is 4.46. The zero-order chi connectivity index (χ0) is 23.0. The molecular weight excluding hydrogens is 448 g/mol. The largest absolute Gasteiger partial charge is 0.454 e. The van der Waals surface area contributed by atoms with Crippen LogP contribution in [0.1, 0.15) is 5.76 Å². The minimum atomic E-state index is -3.16. The van der Waals surface area contributed by atoms with Crippen LogP contribution in [-0.4, -0.2) is 96.3 Å². The third kappa shape index (κ3) is 4.76. The number of morpholine rings is 1. The fourth-order valence-electron chi connectivity index (χ4n) is 4.05. The number of nitrogens with two attached hydrogens (primary N) is 1. The minimum absolute atomic E-state index is 0.190. The first-order valence-corrected chi connectivity index (χ1v) is 12.6. The molecule has 2 fully saturated rings. The highest BCUT2D eigenvalue weighted by molar-refractivity contribution is 7.88. The molecule has 2 aliphatic rings. The number of aromatic nitrogens is 4. The van der Waals surface area contributed by atoms with Gasteiger partial charge in [-0.1, -0.05) is 0 Å². The van der Waals surface area contributed by atoms with E-state index in [9.17, 15) is 8.42 Å². The number of nitrogen functional groups attached to an aromatic ring is 1. The van der Waals surface area contributed by atoms with E-state index in [4.69, 9.17) is 24.9 Å². The second kappa shape index (κ2) is 8.82. The molecule has 0 bridgehead atoms. The van der Waals surface area contributed by atoms with Crippen molar-refractivity contribution >= 4 is 32.9 Å². The van der Waals surface area contributed by atoms with Gasteiger partial charge in [0.25, 0.3) is 0 Å². The van der Waals surface area contributed by atoms with Crippen LogP contribution in [0.5, 0.6) is 0 Å². The normalized spacial score (nSPS) is 18.8. The molecule has 0 spiro atoms. The number of ether oxygens (including phenoxy) is 1. The molecule has 176 valence electrons. The van der Waals surface area contributed by atoms with Crippen LogP contribution in [-0.2, 0) is 21.3 Å². The number of furan rings is 1. The van der Waals surface area contributed by atoms with Crippen molar-refractivity contribution in [2.24, 2.45) is 0 Å². The van der Waals surface area contributed by atoms with Crippen molar-refractivity contribution in [3.8, 4) is 11.4 Å². The standard InChI is InChI=1S/C20H26N8O4S/c1-33(29,30)28-4-2-26(3-5-28)13-15-10-16-17(32-15)19(27-6-8-31-9-7-27)25-18(24-16)14-11-22-20(21)23-12-14/h10-12H,2-9,13H2,1H3,(H2,21,22,23). The smallest absolute Gasteiger partial charge is 0.219 e. The van der Waals surface area contributed by atoms with Crippen LogP contribution < -0.4 is 10.6 Å². The van der Waals surface area contributed by atoms with Crippen LogP contribution in [0.4, 0.5) is 11.8 Å². The van der Waals surface area contributed by atoms with E-state index in [1.165, 1.54) is 10.6 Å². The van der Waals surface area contributed by atoms with E-state index in [0.29, 0.717) is 87.3 Å². The molecule has 2 aliphatic heterocycles.